The Hall–Kier alpha value is 0.129. The molecular weight excluding hydrogens is 336 g/mol. The van der Waals surface area contributed by atoms with Crippen LogP contribution in [0.25, 0.3) is 0 Å². The molecule has 13 heavy (non-hydrogen) atoms. The third-order valence-electron chi connectivity index (χ3n) is 3.84. The Kier molecular flexibility index (Phi) is 2.28. The topological polar surface area (TPSA) is 0 Å². The second-order valence-corrected chi connectivity index (χ2v) is 4.42. The monoisotopic (exact) mass is 352 g/mol. The van der Waals surface area contributed by atoms with Gasteiger partial charge in [0.2, 0.25) is 0 Å². The van der Waals surface area contributed by atoms with Crippen LogP contribution in [0.5, 0.6) is 0 Å². The SMILES string of the molecule is CCC1=[C-]CC2(CC2)C2=C1CC2.[Ir]. The molecule has 0 heterocycles. The maximum Gasteiger partial charge on any atom is 0 e. The molecule has 0 atom stereocenters. The van der Waals surface area contributed by atoms with Crippen LogP contribution in [-0.4, -0.2) is 0 Å². The predicted octanol–water partition coefficient (Wildman–Crippen LogP) is 3.40. The van der Waals surface area contributed by atoms with Crippen LogP contribution in [0.4, 0.5) is 0 Å². The minimum Gasteiger partial charge on any atom is -0.271 e. The van der Waals surface area contributed by atoms with E-state index in [-0.39, 0.29) is 20.1 Å². The molecule has 0 amide bonds. The molecule has 1 spiro atoms. The first kappa shape index (κ1) is 9.68. The fourth-order valence-electron chi connectivity index (χ4n) is 2.75. The van der Waals surface area contributed by atoms with Gasteiger partial charge in [0, 0.05) is 20.1 Å². The number of hydrogen-bond donors (Lipinski definition) is 0. The molecule has 1 fully saturated rings. The van der Waals surface area contributed by atoms with Crippen LogP contribution in [0, 0.1) is 11.5 Å². The van der Waals surface area contributed by atoms with Gasteiger partial charge < -0.3 is 0 Å². The van der Waals surface area contributed by atoms with Crippen LogP contribution in [-0.2, 0) is 20.1 Å². The number of allylic oxidation sites excluding steroid dienone is 4. The summed E-state index contributed by atoms with van der Waals surface area (Å²) in [5.74, 6) is 0. The van der Waals surface area contributed by atoms with Gasteiger partial charge in [-0.05, 0) is 18.3 Å². The smallest absolute Gasteiger partial charge is 0 e. The average molecular weight is 351 g/mol. The quantitative estimate of drug-likeness (QED) is 0.635. The second-order valence-electron chi connectivity index (χ2n) is 4.42. The van der Waals surface area contributed by atoms with Crippen LogP contribution < -0.4 is 0 Å². The first-order chi connectivity index (χ1) is 5.86. The van der Waals surface area contributed by atoms with Gasteiger partial charge in [0.15, 0.2) is 0 Å². The van der Waals surface area contributed by atoms with Crippen LogP contribution in [0.3, 0.4) is 0 Å². The zero-order valence-corrected chi connectivity index (χ0v) is 10.5. The molecule has 1 heteroatoms. The van der Waals surface area contributed by atoms with Gasteiger partial charge in [-0.15, -0.1) is 12.0 Å². The van der Waals surface area contributed by atoms with E-state index in [4.69, 9.17) is 0 Å². The standard InChI is InChI=1S/C12H15.Ir/c1-2-9-5-6-12(7-8-12)11-4-3-10(9)11;/h2-4,6-8H2,1H3;/q-1;. The van der Waals surface area contributed by atoms with Gasteiger partial charge in [-0.3, -0.25) is 6.08 Å². The summed E-state index contributed by atoms with van der Waals surface area (Å²) < 4.78 is 0. The van der Waals surface area contributed by atoms with Crippen molar-refractivity contribution in [1.82, 2.24) is 0 Å². The molecule has 0 bridgehead atoms. The Balaban J connectivity index is 0.000000653. The van der Waals surface area contributed by atoms with Gasteiger partial charge in [-0.1, -0.05) is 26.2 Å². The summed E-state index contributed by atoms with van der Waals surface area (Å²) in [6, 6.07) is 0. The van der Waals surface area contributed by atoms with Crippen LogP contribution in [0.15, 0.2) is 16.7 Å². The van der Waals surface area contributed by atoms with Crippen molar-refractivity contribution in [3.05, 3.63) is 22.8 Å². The number of fused-ring (bicyclic) bond motifs is 1. The summed E-state index contributed by atoms with van der Waals surface area (Å²) in [6.45, 7) is 2.26. The van der Waals surface area contributed by atoms with Crippen LogP contribution in [0.2, 0.25) is 0 Å². The summed E-state index contributed by atoms with van der Waals surface area (Å²) in [5, 5.41) is 0. The molecule has 0 aromatic carbocycles. The third-order valence-corrected chi connectivity index (χ3v) is 3.84. The molecule has 1 saturated carbocycles. The second kappa shape index (κ2) is 3.07. The van der Waals surface area contributed by atoms with Crippen molar-refractivity contribution in [2.75, 3.05) is 0 Å². The predicted molar refractivity (Wildman–Crippen MR) is 49.6 cm³/mol. The van der Waals surface area contributed by atoms with E-state index in [2.05, 4.69) is 13.0 Å². The van der Waals surface area contributed by atoms with Gasteiger partial charge in [0.05, 0.1) is 0 Å². The van der Waals surface area contributed by atoms with Crippen molar-refractivity contribution < 1.29 is 20.1 Å². The van der Waals surface area contributed by atoms with Crippen molar-refractivity contribution in [3.63, 3.8) is 0 Å². The Morgan fingerprint density at radius 1 is 1.31 bits per heavy atom. The third kappa shape index (κ3) is 1.21. The summed E-state index contributed by atoms with van der Waals surface area (Å²) in [7, 11) is 0. The maximum atomic E-state index is 3.61. The molecule has 0 aromatic heterocycles. The summed E-state index contributed by atoms with van der Waals surface area (Å²) >= 11 is 0. The number of rotatable bonds is 1. The minimum absolute atomic E-state index is 0. The fourth-order valence-corrected chi connectivity index (χ4v) is 2.75. The number of hydrogen-bond acceptors (Lipinski definition) is 0. The summed E-state index contributed by atoms with van der Waals surface area (Å²) in [4.78, 5) is 0. The van der Waals surface area contributed by atoms with Crippen molar-refractivity contribution in [2.24, 2.45) is 5.41 Å². The molecule has 0 nitrogen and oxygen atoms in total. The van der Waals surface area contributed by atoms with E-state index in [0.717, 1.165) is 0 Å². The van der Waals surface area contributed by atoms with E-state index in [1.54, 1.807) is 11.1 Å². The van der Waals surface area contributed by atoms with E-state index in [1.165, 1.54) is 38.5 Å². The molecule has 3 rings (SSSR count). The summed E-state index contributed by atoms with van der Waals surface area (Å²) in [6.07, 6.45) is 11.7. The van der Waals surface area contributed by atoms with Crippen molar-refractivity contribution in [3.8, 4) is 0 Å². The molecule has 3 aliphatic rings. The molecule has 1 radical (unpaired) electrons. The van der Waals surface area contributed by atoms with Crippen molar-refractivity contribution in [1.29, 1.82) is 0 Å². The van der Waals surface area contributed by atoms with Crippen LogP contribution in [0.1, 0.15) is 45.4 Å². The van der Waals surface area contributed by atoms with Gasteiger partial charge in [0.25, 0.3) is 0 Å². The first-order valence-corrected chi connectivity index (χ1v) is 5.18. The fraction of sp³-hybridized carbons (Fsp3) is 0.667. The first-order valence-electron chi connectivity index (χ1n) is 5.18. The zero-order chi connectivity index (χ0) is 8.18. The molecule has 0 N–H and O–H groups in total. The largest absolute Gasteiger partial charge is 0.271 e. The normalized spacial score (nSPS) is 27.3. The zero-order valence-electron chi connectivity index (χ0n) is 8.08. The molecular formula is C12H15Ir-. The van der Waals surface area contributed by atoms with E-state index in [1.807, 2.05) is 5.57 Å². The maximum absolute atomic E-state index is 3.61. The van der Waals surface area contributed by atoms with E-state index < -0.39 is 0 Å². The van der Waals surface area contributed by atoms with Gasteiger partial charge >= 0.3 is 0 Å². The van der Waals surface area contributed by atoms with Crippen LogP contribution >= 0.6 is 0 Å². The molecule has 0 aliphatic heterocycles. The Labute approximate surface area is 93.8 Å². The molecule has 3 aliphatic carbocycles. The van der Waals surface area contributed by atoms with Crippen molar-refractivity contribution in [2.45, 2.75) is 45.4 Å². The average Bonchev–Trinajstić information content (AvgIpc) is 2.75. The Morgan fingerprint density at radius 3 is 2.54 bits per heavy atom. The summed E-state index contributed by atoms with van der Waals surface area (Å²) in [5.41, 5.74) is 5.76. The van der Waals surface area contributed by atoms with E-state index >= 15 is 0 Å². The molecule has 0 saturated heterocycles. The molecule has 0 aromatic rings. The van der Waals surface area contributed by atoms with Gasteiger partial charge in [-0.2, -0.15) is 5.57 Å². The minimum atomic E-state index is 0. The molecule has 0 unspecified atom stereocenters. The Bertz CT molecular complexity index is 292. The van der Waals surface area contributed by atoms with Crippen molar-refractivity contribution >= 4 is 0 Å². The Morgan fingerprint density at radius 2 is 2.08 bits per heavy atom. The van der Waals surface area contributed by atoms with Gasteiger partial charge in [0.1, 0.15) is 0 Å². The van der Waals surface area contributed by atoms with Gasteiger partial charge in [-0.25, -0.2) is 5.57 Å². The van der Waals surface area contributed by atoms with E-state index in [9.17, 15) is 0 Å². The molecule has 73 valence electrons. The van der Waals surface area contributed by atoms with E-state index in [0.29, 0.717) is 5.41 Å².